The Morgan fingerprint density at radius 2 is 2.07 bits per heavy atom. The molecule has 1 aliphatic heterocycles. The Morgan fingerprint density at radius 3 is 2.81 bits per heavy atom. The van der Waals surface area contributed by atoms with Crippen LogP contribution in [-0.2, 0) is 11.3 Å². The Kier molecular flexibility index (Phi) is 5.59. The normalized spacial score (nSPS) is 16.8. The Morgan fingerprint density at radius 1 is 1.22 bits per heavy atom. The number of hydrogen-bond acceptors (Lipinski definition) is 5. The number of aromatic nitrogens is 3. The van der Waals surface area contributed by atoms with Crippen molar-refractivity contribution < 1.29 is 4.79 Å². The molecular formula is C20H22N4OS2. The fourth-order valence-electron chi connectivity index (χ4n) is 3.53. The van der Waals surface area contributed by atoms with E-state index in [-0.39, 0.29) is 11.9 Å². The molecule has 1 saturated heterocycles. The average Bonchev–Trinajstić information content (AvgIpc) is 3.46. The molecule has 1 amide bonds. The second-order valence-corrected chi connectivity index (χ2v) is 8.39. The summed E-state index contributed by atoms with van der Waals surface area (Å²) in [4.78, 5) is 16.2. The van der Waals surface area contributed by atoms with Crippen molar-refractivity contribution in [3.63, 3.8) is 0 Å². The summed E-state index contributed by atoms with van der Waals surface area (Å²) in [6.45, 7) is 3.70. The third-order valence-electron chi connectivity index (χ3n) is 4.83. The molecule has 3 aromatic rings. The Bertz CT molecular complexity index is 892. The van der Waals surface area contributed by atoms with Crippen molar-refractivity contribution in [2.45, 2.75) is 37.5 Å². The van der Waals surface area contributed by atoms with Crippen LogP contribution in [0.3, 0.4) is 0 Å². The summed E-state index contributed by atoms with van der Waals surface area (Å²) in [6.07, 6.45) is 2.13. The first-order valence-electron chi connectivity index (χ1n) is 9.22. The predicted octanol–water partition coefficient (Wildman–Crippen LogP) is 4.48. The molecule has 7 heteroatoms. The summed E-state index contributed by atoms with van der Waals surface area (Å²) >= 11 is 3.22. The first-order chi connectivity index (χ1) is 13.3. The summed E-state index contributed by atoms with van der Waals surface area (Å²) in [7, 11) is 0. The molecule has 5 nitrogen and oxygen atoms in total. The van der Waals surface area contributed by atoms with Gasteiger partial charge in [0.15, 0.2) is 11.0 Å². The molecular weight excluding hydrogens is 376 g/mol. The van der Waals surface area contributed by atoms with Crippen LogP contribution in [0.2, 0.25) is 0 Å². The van der Waals surface area contributed by atoms with Crippen molar-refractivity contribution in [3.05, 3.63) is 52.7 Å². The molecule has 0 bridgehead atoms. The number of likely N-dealkylation sites (tertiary alicyclic amines) is 1. The van der Waals surface area contributed by atoms with Gasteiger partial charge in [-0.2, -0.15) is 0 Å². The Hall–Kier alpha value is -2.12. The highest BCUT2D eigenvalue weighted by molar-refractivity contribution is 7.99. The molecule has 0 aliphatic carbocycles. The van der Waals surface area contributed by atoms with Crippen molar-refractivity contribution >= 4 is 29.0 Å². The number of thiophene rings is 1. The van der Waals surface area contributed by atoms with Gasteiger partial charge in [-0.25, -0.2) is 0 Å². The van der Waals surface area contributed by atoms with Gasteiger partial charge in [-0.1, -0.05) is 48.2 Å². The van der Waals surface area contributed by atoms with Gasteiger partial charge in [-0.05, 0) is 31.2 Å². The fourth-order valence-corrected chi connectivity index (χ4v) is 5.29. The average molecular weight is 399 g/mol. The largest absolute Gasteiger partial charge is 0.334 e. The highest BCUT2D eigenvalue weighted by Crippen LogP contribution is 2.35. The highest BCUT2D eigenvalue weighted by atomic mass is 32.2. The number of benzene rings is 1. The topological polar surface area (TPSA) is 51.0 Å². The van der Waals surface area contributed by atoms with E-state index in [1.807, 2.05) is 35.2 Å². The zero-order chi connectivity index (χ0) is 18.6. The lowest BCUT2D eigenvalue weighted by atomic mass is 10.2. The number of nitrogens with zero attached hydrogens (tertiary/aromatic N) is 4. The first-order valence-corrected chi connectivity index (χ1v) is 11.1. The minimum atomic E-state index is 0.183. The number of thioether (sulfide) groups is 1. The van der Waals surface area contributed by atoms with Gasteiger partial charge >= 0.3 is 0 Å². The van der Waals surface area contributed by atoms with Crippen molar-refractivity contribution in [2.75, 3.05) is 12.3 Å². The summed E-state index contributed by atoms with van der Waals surface area (Å²) in [5.41, 5.74) is 1.04. The maximum absolute atomic E-state index is 12.9. The van der Waals surface area contributed by atoms with E-state index in [1.165, 1.54) is 16.6 Å². The second-order valence-electron chi connectivity index (χ2n) is 6.47. The van der Waals surface area contributed by atoms with E-state index in [1.54, 1.807) is 11.3 Å². The maximum Gasteiger partial charge on any atom is 0.233 e. The SMILES string of the molecule is CCn1c(SCC(=O)N2CCCC2c2cccs2)nnc1-c1ccccc1. The van der Waals surface area contributed by atoms with Crippen LogP contribution in [0.25, 0.3) is 11.4 Å². The van der Waals surface area contributed by atoms with Gasteiger partial charge in [0, 0.05) is 23.5 Å². The molecule has 3 heterocycles. The minimum Gasteiger partial charge on any atom is -0.334 e. The molecule has 4 rings (SSSR count). The van der Waals surface area contributed by atoms with Crippen LogP contribution in [0, 0.1) is 0 Å². The van der Waals surface area contributed by atoms with E-state index < -0.39 is 0 Å². The molecule has 0 radical (unpaired) electrons. The van der Waals surface area contributed by atoms with Crippen LogP contribution < -0.4 is 0 Å². The number of hydrogen-bond donors (Lipinski definition) is 0. The molecule has 1 atom stereocenters. The quantitative estimate of drug-likeness (QED) is 0.575. The molecule has 1 fully saturated rings. The predicted molar refractivity (Wildman–Crippen MR) is 110 cm³/mol. The second kappa shape index (κ2) is 8.27. The fraction of sp³-hybridized carbons (Fsp3) is 0.350. The standard InChI is InChI=1S/C20H22N4OS2/c1-2-23-19(15-8-4-3-5-9-15)21-22-20(23)27-14-18(25)24-12-6-10-16(24)17-11-7-13-26-17/h3-5,7-9,11,13,16H,2,6,10,12,14H2,1H3. The van der Waals surface area contributed by atoms with Crippen molar-refractivity contribution in [3.8, 4) is 11.4 Å². The maximum atomic E-state index is 12.9. The molecule has 27 heavy (non-hydrogen) atoms. The van der Waals surface area contributed by atoms with Crippen LogP contribution in [0.15, 0.2) is 53.0 Å². The monoisotopic (exact) mass is 398 g/mol. The van der Waals surface area contributed by atoms with E-state index in [4.69, 9.17) is 0 Å². The Labute approximate surface area is 167 Å². The first kappa shape index (κ1) is 18.3. The van der Waals surface area contributed by atoms with E-state index in [0.717, 1.165) is 42.5 Å². The Balaban J connectivity index is 1.46. The third-order valence-corrected chi connectivity index (χ3v) is 6.76. The van der Waals surface area contributed by atoms with Crippen molar-refractivity contribution in [2.24, 2.45) is 0 Å². The lowest BCUT2D eigenvalue weighted by Crippen LogP contribution is -2.31. The number of carbonyl (C=O) groups excluding carboxylic acids is 1. The van der Waals surface area contributed by atoms with Gasteiger partial charge in [0.2, 0.25) is 5.91 Å². The molecule has 2 aromatic heterocycles. The van der Waals surface area contributed by atoms with Gasteiger partial charge in [0.05, 0.1) is 11.8 Å². The van der Waals surface area contributed by atoms with Crippen LogP contribution in [0.5, 0.6) is 0 Å². The number of carbonyl (C=O) groups is 1. The summed E-state index contributed by atoms with van der Waals surface area (Å²) in [5.74, 6) is 1.43. The van der Waals surface area contributed by atoms with Crippen molar-refractivity contribution in [1.29, 1.82) is 0 Å². The molecule has 140 valence electrons. The highest BCUT2D eigenvalue weighted by Gasteiger charge is 2.30. The number of amides is 1. The van der Waals surface area contributed by atoms with Crippen LogP contribution in [0.1, 0.15) is 30.7 Å². The summed E-state index contributed by atoms with van der Waals surface area (Å²) in [5, 5.41) is 11.6. The van der Waals surface area contributed by atoms with Gasteiger partial charge < -0.3 is 9.47 Å². The molecule has 0 saturated carbocycles. The third kappa shape index (κ3) is 3.80. The van der Waals surface area contributed by atoms with Crippen LogP contribution in [0.4, 0.5) is 0 Å². The van der Waals surface area contributed by atoms with Gasteiger partial charge in [0.25, 0.3) is 0 Å². The zero-order valence-corrected chi connectivity index (χ0v) is 16.9. The van der Waals surface area contributed by atoms with E-state index >= 15 is 0 Å². The molecule has 1 aromatic carbocycles. The lowest BCUT2D eigenvalue weighted by molar-refractivity contribution is -0.129. The lowest BCUT2D eigenvalue weighted by Gasteiger charge is -2.23. The summed E-state index contributed by atoms with van der Waals surface area (Å²) < 4.78 is 2.08. The van der Waals surface area contributed by atoms with Gasteiger partial charge in [-0.15, -0.1) is 21.5 Å². The minimum absolute atomic E-state index is 0.183. The van der Waals surface area contributed by atoms with Gasteiger partial charge in [-0.3, -0.25) is 4.79 Å². The molecule has 0 N–H and O–H groups in total. The molecule has 1 aliphatic rings. The van der Waals surface area contributed by atoms with Crippen LogP contribution >= 0.6 is 23.1 Å². The smallest absolute Gasteiger partial charge is 0.233 e. The van der Waals surface area contributed by atoms with E-state index in [0.29, 0.717) is 5.75 Å². The van der Waals surface area contributed by atoms with E-state index in [2.05, 4.69) is 39.2 Å². The summed E-state index contributed by atoms with van der Waals surface area (Å²) in [6, 6.07) is 14.5. The molecule has 1 unspecified atom stereocenters. The number of rotatable bonds is 6. The molecule has 0 spiro atoms. The van der Waals surface area contributed by atoms with E-state index in [9.17, 15) is 4.79 Å². The van der Waals surface area contributed by atoms with Crippen LogP contribution in [-0.4, -0.2) is 37.9 Å². The van der Waals surface area contributed by atoms with Crippen molar-refractivity contribution in [1.82, 2.24) is 19.7 Å². The van der Waals surface area contributed by atoms with Gasteiger partial charge in [0.1, 0.15) is 0 Å². The zero-order valence-electron chi connectivity index (χ0n) is 15.2.